The maximum absolute atomic E-state index is 5.64. The number of ether oxygens (including phenoxy) is 1. The van der Waals surface area contributed by atoms with E-state index in [0.717, 1.165) is 13.0 Å². The molecule has 0 bridgehead atoms. The summed E-state index contributed by atoms with van der Waals surface area (Å²) in [6.07, 6.45) is 1.36. The lowest BCUT2D eigenvalue weighted by atomic mass is 10.1. The quantitative estimate of drug-likeness (QED) is 0.686. The summed E-state index contributed by atoms with van der Waals surface area (Å²) in [5, 5.41) is 0. The van der Waals surface area contributed by atoms with Crippen LogP contribution >= 0.6 is 15.9 Å². The van der Waals surface area contributed by atoms with Crippen molar-refractivity contribution in [2.45, 2.75) is 24.3 Å². The van der Waals surface area contributed by atoms with Crippen LogP contribution < -0.4 is 0 Å². The first-order valence-electron chi connectivity index (χ1n) is 4.59. The molecule has 2 heteroatoms. The van der Waals surface area contributed by atoms with Crippen LogP contribution in [0.4, 0.5) is 0 Å². The minimum atomic E-state index is 0.251. The lowest BCUT2D eigenvalue weighted by Crippen LogP contribution is -2.05. The summed E-state index contributed by atoms with van der Waals surface area (Å²) in [5.74, 6) is 0. The van der Waals surface area contributed by atoms with Crippen LogP contribution in [-0.2, 0) is 4.74 Å². The van der Waals surface area contributed by atoms with Gasteiger partial charge in [-0.1, -0.05) is 45.8 Å². The van der Waals surface area contributed by atoms with Gasteiger partial charge in [0.05, 0.1) is 6.10 Å². The summed E-state index contributed by atoms with van der Waals surface area (Å²) >= 11 is 3.63. The summed E-state index contributed by atoms with van der Waals surface area (Å²) in [6, 6.07) is 8.58. The molecular formula is C11H13BrO. The minimum absolute atomic E-state index is 0.251. The van der Waals surface area contributed by atoms with E-state index in [2.05, 4.69) is 47.1 Å². The summed E-state index contributed by atoms with van der Waals surface area (Å²) in [5.41, 5.74) is 2.58. The lowest BCUT2D eigenvalue weighted by molar-refractivity contribution is 0.114. The molecule has 0 spiro atoms. The van der Waals surface area contributed by atoms with Crippen LogP contribution in [0.15, 0.2) is 24.3 Å². The molecule has 1 aromatic rings. The van der Waals surface area contributed by atoms with Gasteiger partial charge in [0.25, 0.3) is 0 Å². The van der Waals surface area contributed by atoms with Gasteiger partial charge in [-0.3, -0.25) is 0 Å². The van der Waals surface area contributed by atoms with E-state index in [4.69, 9.17) is 4.74 Å². The van der Waals surface area contributed by atoms with Gasteiger partial charge in [-0.2, -0.15) is 0 Å². The molecule has 0 saturated carbocycles. The molecule has 2 rings (SSSR count). The number of hydrogen-bond donors (Lipinski definition) is 0. The van der Waals surface area contributed by atoms with Crippen LogP contribution in [0.5, 0.6) is 0 Å². The molecule has 2 atom stereocenters. The van der Waals surface area contributed by atoms with E-state index in [-0.39, 0.29) is 6.10 Å². The summed E-state index contributed by atoms with van der Waals surface area (Å²) in [6.45, 7) is 2.97. The second-order valence-electron chi connectivity index (χ2n) is 3.51. The first-order chi connectivity index (χ1) is 6.27. The maximum Gasteiger partial charge on any atom is 0.0950 e. The standard InChI is InChI=1S/C11H13BrO/c1-8-2-4-9(5-3-8)11-10(12)6-7-13-11/h2-5,10-11H,6-7H2,1H3. The zero-order valence-electron chi connectivity index (χ0n) is 7.66. The van der Waals surface area contributed by atoms with Gasteiger partial charge in [0.15, 0.2) is 0 Å². The van der Waals surface area contributed by atoms with Crippen molar-refractivity contribution in [1.29, 1.82) is 0 Å². The largest absolute Gasteiger partial charge is 0.372 e. The number of benzene rings is 1. The Bertz CT molecular complexity index is 281. The normalized spacial score (nSPS) is 27.8. The SMILES string of the molecule is Cc1ccc(C2OCCC2Br)cc1. The molecule has 1 fully saturated rings. The zero-order valence-corrected chi connectivity index (χ0v) is 9.25. The van der Waals surface area contributed by atoms with Gasteiger partial charge in [0.2, 0.25) is 0 Å². The number of aryl methyl sites for hydroxylation is 1. The van der Waals surface area contributed by atoms with Crippen molar-refractivity contribution in [3.63, 3.8) is 0 Å². The summed E-state index contributed by atoms with van der Waals surface area (Å²) in [7, 11) is 0. The predicted molar refractivity (Wildman–Crippen MR) is 57.2 cm³/mol. The van der Waals surface area contributed by atoms with E-state index in [1.54, 1.807) is 0 Å². The average molecular weight is 241 g/mol. The highest BCUT2D eigenvalue weighted by molar-refractivity contribution is 9.09. The molecule has 0 aliphatic carbocycles. The molecule has 70 valence electrons. The van der Waals surface area contributed by atoms with Crippen LogP contribution in [0.25, 0.3) is 0 Å². The Labute approximate surface area is 87.2 Å². The number of halogens is 1. The van der Waals surface area contributed by atoms with Gasteiger partial charge >= 0.3 is 0 Å². The third kappa shape index (κ3) is 1.94. The maximum atomic E-state index is 5.64. The Kier molecular flexibility index (Phi) is 2.70. The van der Waals surface area contributed by atoms with Crippen LogP contribution in [0.1, 0.15) is 23.7 Å². The highest BCUT2D eigenvalue weighted by Crippen LogP contribution is 2.33. The first-order valence-corrected chi connectivity index (χ1v) is 5.51. The second kappa shape index (κ2) is 3.81. The molecule has 1 aliphatic heterocycles. The third-order valence-corrected chi connectivity index (χ3v) is 3.36. The van der Waals surface area contributed by atoms with Crippen molar-refractivity contribution in [2.24, 2.45) is 0 Å². The fourth-order valence-electron chi connectivity index (χ4n) is 1.62. The monoisotopic (exact) mass is 240 g/mol. The molecule has 0 N–H and O–H groups in total. The van der Waals surface area contributed by atoms with Gasteiger partial charge in [0, 0.05) is 11.4 Å². The summed E-state index contributed by atoms with van der Waals surface area (Å²) < 4.78 is 5.64. The lowest BCUT2D eigenvalue weighted by Gasteiger charge is -2.13. The fraction of sp³-hybridized carbons (Fsp3) is 0.455. The van der Waals surface area contributed by atoms with Gasteiger partial charge in [-0.25, -0.2) is 0 Å². The molecule has 1 aliphatic rings. The fourth-order valence-corrected chi connectivity index (χ4v) is 2.27. The average Bonchev–Trinajstić information content (AvgIpc) is 2.53. The Morgan fingerprint density at radius 2 is 2.00 bits per heavy atom. The molecule has 1 nitrogen and oxygen atoms in total. The van der Waals surface area contributed by atoms with Crippen LogP contribution in [0.3, 0.4) is 0 Å². The molecule has 0 radical (unpaired) electrons. The number of hydrogen-bond acceptors (Lipinski definition) is 1. The van der Waals surface area contributed by atoms with Crippen molar-refractivity contribution < 1.29 is 4.74 Å². The Hall–Kier alpha value is -0.340. The van der Waals surface area contributed by atoms with Gasteiger partial charge in [0.1, 0.15) is 0 Å². The predicted octanol–water partition coefficient (Wildman–Crippen LogP) is 3.22. The van der Waals surface area contributed by atoms with Crippen molar-refractivity contribution in [3.05, 3.63) is 35.4 Å². The molecule has 2 unspecified atom stereocenters. The van der Waals surface area contributed by atoms with Crippen LogP contribution in [-0.4, -0.2) is 11.4 Å². The highest BCUT2D eigenvalue weighted by atomic mass is 79.9. The van der Waals surface area contributed by atoms with Gasteiger partial charge < -0.3 is 4.74 Å². The van der Waals surface area contributed by atoms with E-state index in [1.165, 1.54) is 11.1 Å². The number of alkyl halides is 1. The topological polar surface area (TPSA) is 9.23 Å². The van der Waals surface area contributed by atoms with Crippen molar-refractivity contribution in [3.8, 4) is 0 Å². The Morgan fingerprint density at radius 1 is 1.31 bits per heavy atom. The van der Waals surface area contributed by atoms with E-state index in [9.17, 15) is 0 Å². The Balaban J connectivity index is 2.20. The molecule has 1 saturated heterocycles. The smallest absolute Gasteiger partial charge is 0.0950 e. The molecule has 0 aromatic heterocycles. The van der Waals surface area contributed by atoms with Gasteiger partial charge in [-0.05, 0) is 18.9 Å². The van der Waals surface area contributed by atoms with E-state index < -0.39 is 0 Å². The van der Waals surface area contributed by atoms with Crippen molar-refractivity contribution in [1.82, 2.24) is 0 Å². The Morgan fingerprint density at radius 3 is 2.54 bits per heavy atom. The van der Waals surface area contributed by atoms with Crippen LogP contribution in [0, 0.1) is 6.92 Å². The van der Waals surface area contributed by atoms with Crippen molar-refractivity contribution in [2.75, 3.05) is 6.61 Å². The summed E-state index contributed by atoms with van der Waals surface area (Å²) in [4.78, 5) is 0.482. The molecular weight excluding hydrogens is 228 g/mol. The zero-order chi connectivity index (χ0) is 9.26. The van der Waals surface area contributed by atoms with E-state index in [0.29, 0.717) is 4.83 Å². The molecule has 0 amide bonds. The van der Waals surface area contributed by atoms with Crippen molar-refractivity contribution >= 4 is 15.9 Å². The highest BCUT2D eigenvalue weighted by Gasteiger charge is 2.26. The second-order valence-corrected chi connectivity index (χ2v) is 4.68. The number of rotatable bonds is 1. The van der Waals surface area contributed by atoms with E-state index in [1.807, 2.05) is 0 Å². The van der Waals surface area contributed by atoms with Crippen LogP contribution in [0.2, 0.25) is 0 Å². The first kappa shape index (κ1) is 9.22. The minimum Gasteiger partial charge on any atom is -0.372 e. The molecule has 13 heavy (non-hydrogen) atoms. The molecule has 1 heterocycles. The van der Waals surface area contributed by atoms with E-state index >= 15 is 0 Å². The third-order valence-electron chi connectivity index (χ3n) is 2.43. The molecule has 1 aromatic carbocycles. The van der Waals surface area contributed by atoms with Gasteiger partial charge in [-0.15, -0.1) is 0 Å².